The maximum atomic E-state index is 12.8. The molecule has 1 heterocycles. The number of rotatable bonds is 5. The van der Waals surface area contributed by atoms with Crippen LogP contribution in [0.3, 0.4) is 0 Å². The molecule has 0 unspecified atom stereocenters. The lowest BCUT2D eigenvalue weighted by atomic mass is 9.94. The van der Waals surface area contributed by atoms with Gasteiger partial charge in [0.15, 0.2) is 0 Å². The molecule has 0 aliphatic heterocycles. The maximum Gasteiger partial charge on any atom is 0.416 e. The number of nitrogens with zero attached hydrogens (tertiary/aromatic N) is 2. The zero-order valence-electron chi connectivity index (χ0n) is 14.2. The van der Waals surface area contributed by atoms with Crippen LogP contribution in [0.4, 0.5) is 13.2 Å². The Bertz CT molecular complexity index is 868. The quantitative estimate of drug-likeness (QED) is 0.832. The monoisotopic (exact) mass is 401 g/mol. The van der Waals surface area contributed by atoms with Crippen molar-refractivity contribution < 1.29 is 26.3 Å². The molecule has 0 amide bonds. The molecule has 146 valence electrons. The molecule has 1 N–H and O–H groups in total. The highest BCUT2D eigenvalue weighted by atomic mass is 32.2. The van der Waals surface area contributed by atoms with Crippen molar-refractivity contribution in [3.05, 3.63) is 48.3 Å². The van der Waals surface area contributed by atoms with E-state index in [4.69, 9.17) is 4.74 Å². The van der Waals surface area contributed by atoms with Gasteiger partial charge in [-0.3, -0.25) is 0 Å². The molecule has 1 aliphatic carbocycles. The third kappa shape index (κ3) is 5.16. The van der Waals surface area contributed by atoms with Gasteiger partial charge in [-0.15, -0.1) is 0 Å². The van der Waals surface area contributed by atoms with Gasteiger partial charge in [-0.05, 0) is 49.9 Å². The van der Waals surface area contributed by atoms with E-state index in [1.165, 1.54) is 0 Å². The van der Waals surface area contributed by atoms with Crippen LogP contribution in [0.1, 0.15) is 31.2 Å². The SMILES string of the molecule is O=S(=O)(NC1CCC(Oc2ncccn2)CC1)c1cccc(C(F)(F)F)c1. The van der Waals surface area contributed by atoms with E-state index in [2.05, 4.69) is 14.7 Å². The second kappa shape index (κ2) is 7.81. The highest BCUT2D eigenvalue weighted by molar-refractivity contribution is 7.89. The van der Waals surface area contributed by atoms with Crippen molar-refractivity contribution in [3.8, 4) is 6.01 Å². The topological polar surface area (TPSA) is 81.2 Å². The Balaban J connectivity index is 1.59. The molecule has 2 aromatic rings. The van der Waals surface area contributed by atoms with E-state index in [0.717, 1.165) is 18.2 Å². The van der Waals surface area contributed by atoms with Gasteiger partial charge in [0.25, 0.3) is 0 Å². The van der Waals surface area contributed by atoms with Crippen molar-refractivity contribution in [1.29, 1.82) is 0 Å². The number of benzene rings is 1. The molecule has 1 fully saturated rings. The summed E-state index contributed by atoms with van der Waals surface area (Å²) in [6, 6.07) is 5.30. The molecule has 0 bridgehead atoms. The Morgan fingerprint density at radius 3 is 2.33 bits per heavy atom. The van der Waals surface area contributed by atoms with E-state index < -0.39 is 26.7 Å². The van der Waals surface area contributed by atoms with Gasteiger partial charge in [-0.25, -0.2) is 23.1 Å². The average molecular weight is 401 g/mol. The molecule has 0 spiro atoms. The molecule has 6 nitrogen and oxygen atoms in total. The molecule has 3 rings (SSSR count). The highest BCUT2D eigenvalue weighted by Crippen LogP contribution is 2.31. The molecule has 0 atom stereocenters. The first-order valence-corrected chi connectivity index (χ1v) is 9.85. The predicted octanol–water partition coefficient (Wildman–Crippen LogP) is 3.16. The summed E-state index contributed by atoms with van der Waals surface area (Å²) in [6.45, 7) is 0. The van der Waals surface area contributed by atoms with Crippen molar-refractivity contribution in [2.24, 2.45) is 0 Å². The van der Waals surface area contributed by atoms with Crippen LogP contribution in [0, 0.1) is 0 Å². The van der Waals surface area contributed by atoms with Crippen molar-refractivity contribution in [2.45, 2.75) is 48.9 Å². The van der Waals surface area contributed by atoms with Crippen LogP contribution in [0.2, 0.25) is 0 Å². The van der Waals surface area contributed by atoms with E-state index in [1.54, 1.807) is 18.5 Å². The fourth-order valence-electron chi connectivity index (χ4n) is 2.92. The lowest BCUT2D eigenvalue weighted by Crippen LogP contribution is -2.39. The fraction of sp³-hybridized carbons (Fsp3) is 0.412. The zero-order chi connectivity index (χ0) is 19.5. The predicted molar refractivity (Wildman–Crippen MR) is 90.5 cm³/mol. The van der Waals surface area contributed by atoms with Gasteiger partial charge in [0.2, 0.25) is 10.0 Å². The number of sulfonamides is 1. The van der Waals surface area contributed by atoms with Crippen molar-refractivity contribution in [2.75, 3.05) is 0 Å². The number of aromatic nitrogens is 2. The molecule has 0 saturated heterocycles. The van der Waals surface area contributed by atoms with Gasteiger partial charge < -0.3 is 4.74 Å². The Kier molecular flexibility index (Phi) is 5.66. The lowest BCUT2D eigenvalue weighted by Gasteiger charge is -2.28. The highest BCUT2D eigenvalue weighted by Gasteiger charge is 2.32. The largest absolute Gasteiger partial charge is 0.460 e. The van der Waals surface area contributed by atoms with Crippen LogP contribution in [0.5, 0.6) is 6.01 Å². The van der Waals surface area contributed by atoms with E-state index in [1.807, 2.05) is 0 Å². The van der Waals surface area contributed by atoms with Gasteiger partial charge >= 0.3 is 12.2 Å². The van der Waals surface area contributed by atoms with Crippen LogP contribution >= 0.6 is 0 Å². The summed E-state index contributed by atoms with van der Waals surface area (Å²) in [4.78, 5) is 7.57. The maximum absolute atomic E-state index is 12.8. The molecule has 27 heavy (non-hydrogen) atoms. The van der Waals surface area contributed by atoms with Gasteiger partial charge in [-0.2, -0.15) is 13.2 Å². The van der Waals surface area contributed by atoms with E-state index >= 15 is 0 Å². The molecule has 10 heteroatoms. The second-order valence-corrected chi connectivity index (χ2v) is 7.98. The van der Waals surface area contributed by atoms with Gasteiger partial charge in [-0.1, -0.05) is 6.07 Å². The summed E-state index contributed by atoms with van der Waals surface area (Å²) in [6.07, 6.45) is 0.615. The molecule has 1 saturated carbocycles. The Labute approximate surface area is 154 Å². The van der Waals surface area contributed by atoms with Crippen LogP contribution in [0.15, 0.2) is 47.6 Å². The van der Waals surface area contributed by atoms with Crippen LogP contribution < -0.4 is 9.46 Å². The van der Waals surface area contributed by atoms with Crippen molar-refractivity contribution >= 4 is 10.0 Å². The van der Waals surface area contributed by atoms with Crippen LogP contribution in [0.25, 0.3) is 0 Å². The number of halogens is 3. The zero-order valence-corrected chi connectivity index (χ0v) is 15.0. The third-order valence-corrected chi connectivity index (χ3v) is 5.80. The summed E-state index contributed by atoms with van der Waals surface area (Å²) in [5, 5.41) is 0. The van der Waals surface area contributed by atoms with E-state index in [0.29, 0.717) is 31.7 Å². The number of nitrogens with one attached hydrogen (secondary N) is 1. The average Bonchev–Trinajstić information content (AvgIpc) is 2.63. The Morgan fingerprint density at radius 1 is 1.04 bits per heavy atom. The number of ether oxygens (including phenoxy) is 1. The summed E-state index contributed by atoms with van der Waals surface area (Å²) < 4.78 is 71.4. The first-order chi connectivity index (χ1) is 12.7. The van der Waals surface area contributed by atoms with Crippen LogP contribution in [-0.2, 0) is 16.2 Å². The molecule has 1 aromatic heterocycles. The molecular formula is C17H18F3N3O3S. The Hall–Kier alpha value is -2.20. The summed E-state index contributed by atoms with van der Waals surface area (Å²) in [7, 11) is -4.03. The van der Waals surface area contributed by atoms with Gasteiger partial charge in [0, 0.05) is 18.4 Å². The van der Waals surface area contributed by atoms with Crippen molar-refractivity contribution in [3.63, 3.8) is 0 Å². The van der Waals surface area contributed by atoms with Crippen LogP contribution in [-0.4, -0.2) is 30.5 Å². The second-order valence-electron chi connectivity index (χ2n) is 6.27. The third-order valence-electron chi connectivity index (χ3n) is 4.28. The summed E-state index contributed by atoms with van der Waals surface area (Å²) in [5.74, 6) is 0. The number of hydrogen-bond acceptors (Lipinski definition) is 5. The van der Waals surface area contributed by atoms with Gasteiger partial charge in [0.05, 0.1) is 10.5 Å². The van der Waals surface area contributed by atoms with E-state index in [9.17, 15) is 21.6 Å². The fourth-order valence-corrected chi connectivity index (χ4v) is 4.27. The number of alkyl halides is 3. The standard InChI is InChI=1S/C17H18F3N3O3S/c18-17(19,20)12-3-1-4-15(11-12)27(24,25)23-13-5-7-14(8-6-13)26-16-21-9-2-10-22-16/h1-4,9-11,13-14,23H,5-8H2. The molecular weight excluding hydrogens is 383 g/mol. The minimum atomic E-state index is -4.60. The molecule has 0 radical (unpaired) electrons. The minimum Gasteiger partial charge on any atom is -0.460 e. The normalized spacial score (nSPS) is 21.0. The first kappa shape index (κ1) is 19.6. The lowest BCUT2D eigenvalue weighted by molar-refractivity contribution is -0.137. The summed E-state index contributed by atoms with van der Waals surface area (Å²) in [5.41, 5.74) is -0.995. The molecule has 1 aromatic carbocycles. The minimum absolute atomic E-state index is 0.123. The Morgan fingerprint density at radius 2 is 1.70 bits per heavy atom. The number of hydrogen-bond donors (Lipinski definition) is 1. The molecule has 1 aliphatic rings. The smallest absolute Gasteiger partial charge is 0.416 e. The van der Waals surface area contributed by atoms with E-state index in [-0.39, 0.29) is 18.2 Å². The summed E-state index contributed by atoms with van der Waals surface area (Å²) >= 11 is 0. The van der Waals surface area contributed by atoms with Crippen molar-refractivity contribution in [1.82, 2.24) is 14.7 Å². The van der Waals surface area contributed by atoms with Gasteiger partial charge in [0.1, 0.15) is 6.10 Å². The first-order valence-electron chi connectivity index (χ1n) is 8.37.